The molecular weight excluding hydrogens is 218 g/mol. The Morgan fingerprint density at radius 3 is 3.07 bits per heavy atom. The van der Waals surface area contributed by atoms with Crippen LogP contribution in [0.15, 0.2) is 11.6 Å². The fourth-order valence-electron chi connectivity index (χ4n) is 1.56. The maximum Gasteiger partial charge on any atom is 0.308 e. The zero-order chi connectivity index (χ0) is 11.3. The third-order valence-electron chi connectivity index (χ3n) is 2.24. The molecule has 5 heteroatoms. The molecule has 0 radical (unpaired) electrons. The molecule has 4 nitrogen and oxygen atoms in total. The molecule has 1 saturated heterocycles. The van der Waals surface area contributed by atoms with E-state index in [1.54, 1.807) is 0 Å². The van der Waals surface area contributed by atoms with Crippen LogP contribution in [-0.2, 0) is 14.3 Å². The van der Waals surface area contributed by atoms with E-state index in [4.69, 9.17) is 16.3 Å². The van der Waals surface area contributed by atoms with Crippen LogP contribution in [0.3, 0.4) is 0 Å². The Morgan fingerprint density at radius 2 is 2.47 bits per heavy atom. The van der Waals surface area contributed by atoms with Gasteiger partial charge in [-0.15, -0.1) is 0 Å². The van der Waals surface area contributed by atoms with Gasteiger partial charge in [0.05, 0.1) is 26.2 Å². The Balaban J connectivity index is 2.35. The van der Waals surface area contributed by atoms with Crippen molar-refractivity contribution in [3.63, 3.8) is 0 Å². The number of hydrogen-bond acceptors (Lipinski definition) is 4. The molecule has 0 aromatic heterocycles. The van der Waals surface area contributed by atoms with Crippen LogP contribution in [0.25, 0.3) is 0 Å². The van der Waals surface area contributed by atoms with Gasteiger partial charge in [0, 0.05) is 24.7 Å². The van der Waals surface area contributed by atoms with Crippen LogP contribution in [0.1, 0.15) is 6.42 Å². The van der Waals surface area contributed by atoms with Crippen molar-refractivity contribution in [1.29, 1.82) is 0 Å². The molecule has 1 rings (SSSR count). The lowest BCUT2D eigenvalue weighted by Gasteiger charge is -2.32. The highest BCUT2D eigenvalue weighted by Gasteiger charge is 2.23. The Labute approximate surface area is 94.8 Å². The fraction of sp³-hybridized carbons (Fsp3) is 0.700. The molecule has 1 heterocycles. The van der Waals surface area contributed by atoms with E-state index < -0.39 is 0 Å². The van der Waals surface area contributed by atoms with E-state index in [0.717, 1.165) is 6.54 Å². The van der Waals surface area contributed by atoms with E-state index >= 15 is 0 Å². The van der Waals surface area contributed by atoms with Crippen molar-refractivity contribution in [2.75, 3.05) is 33.4 Å². The summed E-state index contributed by atoms with van der Waals surface area (Å²) >= 11 is 5.72. The first-order valence-electron chi connectivity index (χ1n) is 4.86. The summed E-state index contributed by atoms with van der Waals surface area (Å²) in [6.45, 7) is 6.42. The summed E-state index contributed by atoms with van der Waals surface area (Å²) in [5.74, 6) is -0.244. The van der Waals surface area contributed by atoms with Crippen molar-refractivity contribution < 1.29 is 14.3 Å². The zero-order valence-electron chi connectivity index (χ0n) is 8.87. The lowest BCUT2D eigenvalue weighted by Crippen LogP contribution is -2.43. The van der Waals surface area contributed by atoms with Gasteiger partial charge in [-0.2, -0.15) is 0 Å². The van der Waals surface area contributed by atoms with Crippen LogP contribution in [0.4, 0.5) is 0 Å². The summed E-state index contributed by atoms with van der Waals surface area (Å²) in [6, 6.07) is 0. The standard InChI is InChI=1S/C10H16ClNO3/c1-8(11)6-12-3-4-15-9(7-12)5-10(13)14-2/h9H,1,3-7H2,2H3/t9-/m1/s1. The molecule has 1 atom stereocenters. The van der Waals surface area contributed by atoms with Gasteiger partial charge in [-0.1, -0.05) is 18.2 Å². The van der Waals surface area contributed by atoms with Crippen LogP contribution < -0.4 is 0 Å². The van der Waals surface area contributed by atoms with E-state index in [1.807, 2.05) is 0 Å². The van der Waals surface area contributed by atoms with Crippen LogP contribution in [-0.4, -0.2) is 50.3 Å². The quantitative estimate of drug-likeness (QED) is 0.680. The second kappa shape index (κ2) is 6.10. The highest BCUT2D eigenvalue weighted by molar-refractivity contribution is 6.29. The molecule has 0 unspecified atom stereocenters. The Kier molecular flexibility index (Phi) is 5.08. The average molecular weight is 234 g/mol. The predicted molar refractivity (Wildman–Crippen MR) is 57.8 cm³/mol. The highest BCUT2D eigenvalue weighted by Crippen LogP contribution is 2.11. The van der Waals surface area contributed by atoms with Crippen LogP contribution in [0.2, 0.25) is 0 Å². The second-order valence-corrected chi connectivity index (χ2v) is 4.06. The Morgan fingerprint density at radius 1 is 1.73 bits per heavy atom. The van der Waals surface area contributed by atoms with Crippen LogP contribution in [0.5, 0.6) is 0 Å². The van der Waals surface area contributed by atoms with Crippen molar-refractivity contribution >= 4 is 17.6 Å². The third-order valence-corrected chi connectivity index (χ3v) is 2.36. The minimum absolute atomic E-state index is 0.0952. The lowest BCUT2D eigenvalue weighted by molar-refractivity contribution is -0.145. The number of esters is 1. The maximum absolute atomic E-state index is 11.0. The number of ether oxygens (including phenoxy) is 2. The van der Waals surface area contributed by atoms with E-state index in [1.165, 1.54) is 7.11 Å². The largest absolute Gasteiger partial charge is 0.469 e. The van der Waals surface area contributed by atoms with Crippen LogP contribution in [0, 0.1) is 0 Å². The molecule has 0 aliphatic carbocycles. The Bertz CT molecular complexity index is 245. The molecule has 0 amide bonds. The maximum atomic E-state index is 11.0. The van der Waals surface area contributed by atoms with Gasteiger partial charge >= 0.3 is 5.97 Å². The SMILES string of the molecule is C=C(Cl)CN1CCO[C@H](CC(=O)OC)C1. The summed E-state index contributed by atoms with van der Waals surface area (Å²) in [6.07, 6.45) is 0.198. The highest BCUT2D eigenvalue weighted by atomic mass is 35.5. The van der Waals surface area contributed by atoms with E-state index in [0.29, 0.717) is 31.1 Å². The number of methoxy groups -OCH3 is 1. The molecule has 1 aliphatic heterocycles. The third kappa shape index (κ3) is 4.64. The monoisotopic (exact) mass is 233 g/mol. The number of nitrogens with zero attached hydrogens (tertiary/aromatic N) is 1. The molecule has 0 spiro atoms. The number of carbonyl (C=O) groups is 1. The zero-order valence-corrected chi connectivity index (χ0v) is 9.63. The molecule has 1 aliphatic rings. The van der Waals surface area contributed by atoms with Crippen LogP contribution >= 0.6 is 11.6 Å². The topological polar surface area (TPSA) is 38.8 Å². The molecule has 1 fully saturated rings. The first-order valence-corrected chi connectivity index (χ1v) is 5.23. The molecule has 0 aromatic carbocycles. The van der Waals surface area contributed by atoms with Gasteiger partial charge in [0.15, 0.2) is 0 Å². The van der Waals surface area contributed by atoms with Crippen molar-refractivity contribution in [3.05, 3.63) is 11.6 Å². The van der Waals surface area contributed by atoms with E-state index in [9.17, 15) is 4.79 Å². The minimum Gasteiger partial charge on any atom is -0.469 e. The minimum atomic E-state index is -0.244. The van der Waals surface area contributed by atoms with Gasteiger partial charge in [-0.05, 0) is 0 Å². The van der Waals surface area contributed by atoms with E-state index in [2.05, 4.69) is 16.2 Å². The average Bonchev–Trinajstić information content (AvgIpc) is 2.17. The summed E-state index contributed by atoms with van der Waals surface area (Å²) in [5.41, 5.74) is 0. The molecule has 0 saturated carbocycles. The first-order chi connectivity index (χ1) is 7.11. The van der Waals surface area contributed by atoms with Gasteiger partial charge in [-0.25, -0.2) is 0 Å². The normalized spacial score (nSPS) is 22.4. The van der Waals surface area contributed by atoms with Crippen molar-refractivity contribution in [1.82, 2.24) is 4.90 Å². The molecular formula is C10H16ClNO3. The first kappa shape index (κ1) is 12.5. The number of halogens is 1. The van der Waals surface area contributed by atoms with Gasteiger partial charge < -0.3 is 9.47 Å². The number of rotatable bonds is 4. The molecule has 0 N–H and O–H groups in total. The number of hydrogen-bond donors (Lipinski definition) is 0. The molecule has 15 heavy (non-hydrogen) atoms. The van der Waals surface area contributed by atoms with Crippen molar-refractivity contribution in [2.24, 2.45) is 0 Å². The summed E-state index contributed by atoms with van der Waals surface area (Å²) in [4.78, 5) is 13.2. The molecule has 0 aromatic rings. The van der Waals surface area contributed by atoms with Gasteiger partial charge in [0.25, 0.3) is 0 Å². The molecule has 0 bridgehead atoms. The van der Waals surface area contributed by atoms with Crippen molar-refractivity contribution in [2.45, 2.75) is 12.5 Å². The molecule has 86 valence electrons. The summed E-state index contributed by atoms with van der Waals surface area (Å²) < 4.78 is 10.0. The Hall–Kier alpha value is -0.580. The lowest BCUT2D eigenvalue weighted by atomic mass is 10.2. The van der Waals surface area contributed by atoms with Crippen molar-refractivity contribution in [3.8, 4) is 0 Å². The smallest absolute Gasteiger partial charge is 0.308 e. The van der Waals surface area contributed by atoms with Gasteiger partial charge in [0.2, 0.25) is 0 Å². The summed E-state index contributed by atoms with van der Waals surface area (Å²) in [5, 5.41) is 0.605. The second-order valence-electron chi connectivity index (χ2n) is 3.53. The fourth-order valence-corrected chi connectivity index (χ4v) is 1.73. The summed E-state index contributed by atoms with van der Waals surface area (Å²) in [7, 11) is 1.38. The predicted octanol–water partition coefficient (Wildman–Crippen LogP) is 1.00. The van der Waals surface area contributed by atoms with E-state index in [-0.39, 0.29) is 12.1 Å². The number of morpholine rings is 1. The van der Waals surface area contributed by atoms with Gasteiger partial charge in [0.1, 0.15) is 0 Å². The number of carbonyl (C=O) groups excluding carboxylic acids is 1. The van der Waals surface area contributed by atoms with Gasteiger partial charge in [-0.3, -0.25) is 9.69 Å².